The Balaban J connectivity index is 1.43. The van der Waals surface area contributed by atoms with Gasteiger partial charge in [0.1, 0.15) is 0 Å². The third kappa shape index (κ3) is 5.18. The third-order valence-electron chi connectivity index (χ3n) is 3.53. The van der Waals surface area contributed by atoms with Gasteiger partial charge in [-0.2, -0.15) is 0 Å². The molecule has 3 aromatic rings. The lowest BCUT2D eigenvalue weighted by Gasteiger charge is -2.05. The number of anilines is 1. The van der Waals surface area contributed by atoms with Crippen LogP contribution in [0.15, 0.2) is 52.5 Å². The van der Waals surface area contributed by atoms with Crippen molar-refractivity contribution < 1.29 is 14.0 Å². The van der Waals surface area contributed by atoms with Gasteiger partial charge in [0.05, 0.1) is 12.0 Å². The molecule has 0 unspecified atom stereocenters. The van der Waals surface area contributed by atoms with E-state index in [2.05, 4.69) is 15.6 Å². The number of nitrogens with one attached hydrogen (secondary N) is 2. The van der Waals surface area contributed by atoms with E-state index in [1.54, 1.807) is 24.3 Å². The molecule has 6 nitrogen and oxygen atoms in total. The summed E-state index contributed by atoms with van der Waals surface area (Å²) in [4.78, 5) is 28.1. The highest BCUT2D eigenvalue weighted by Crippen LogP contribution is 2.18. The molecule has 2 amide bonds. The molecule has 0 spiro atoms. The number of nitrogens with zero attached hydrogens (tertiary/aromatic N) is 1. The summed E-state index contributed by atoms with van der Waals surface area (Å²) in [5, 5.41) is 8.49. The van der Waals surface area contributed by atoms with Crippen molar-refractivity contribution in [3.63, 3.8) is 0 Å². The highest BCUT2D eigenvalue weighted by molar-refractivity contribution is 7.13. The van der Waals surface area contributed by atoms with Crippen molar-refractivity contribution in [3.05, 3.63) is 70.1 Å². The number of aryl methyl sites for hydroxylation is 1. The van der Waals surface area contributed by atoms with Gasteiger partial charge in [-0.3, -0.25) is 14.9 Å². The van der Waals surface area contributed by atoms with Gasteiger partial charge in [-0.1, -0.05) is 23.7 Å². The Morgan fingerprint density at radius 2 is 2.00 bits per heavy atom. The van der Waals surface area contributed by atoms with Crippen LogP contribution >= 0.6 is 22.9 Å². The number of thiazole rings is 1. The van der Waals surface area contributed by atoms with Crippen molar-refractivity contribution in [2.45, 2.75) is 19.4 Å². The number of aromatic nitrogens is 1. The first-order valence-electron chi connectivity index (χ1n) is 7.90. The molecule has 0 aliphatic rings. The summed E-state index contributed by atoms with van der Waals surface area (Å²) in [5.74, 6) is -0.186. The fourth-order valence-electron chi connectivity index (χ4n) is 2.18. The van der Waals surface area contributed by atoms with Crippen LogP contribution in [0, 0.1) is 0 Å². The van der Waals surface area contributed by atoms with Crippen molar-refractivity contribution >= 4 is 39.9 Å². The molecular formula is C18H16ClN3O3S. The molecule has 3 rings (SSSR count). The molecule has 26 heavy (non-hydrogen) atoms. The Kier molecular flexibility index (Phi) is 6.04. The van der Waals surface area contributed by atoms with Crippen molar-refractivity contribution in [3.8, 4) is 0 Å². The zero-order valence-corrected chi connectivity index (χ0v) is 15.3. The lowest BCUT2D eigenvalue weighted by molar-refractivity contribution is -0.121. The van der Waals surface area contributed by atoms with Gasteiger partial charge in [0.2, 0.25) is 5.91 Å². The smallest absolute Gasteiger partial charge is 0.293 e. The minimum absolute atomic E-state index is 0.0610. The van der Waals surface area contributed by atoms with Crippen LogP contribution in [0.25, 0.3) is 0 Å². The predicted molar refractivity (Wildman–Crippen MR) is 100 cm³/mol. The average Bonchev–Trinajstić information content (AvgIpc) is 3.31. The zero-order chi connectivity index (χ0) is 18.4. The van der Waals surface area contributed by atoms with E-state index < -0.39 is 0 Å². The molecule has 0 saturated carbocycles. The molecule has 2 N–H and O–H groups in total. The van der Waals surface area contributed by atoms with Gasteiger partial charge in [0.25, 0.3) is 5.91 Å². The average molecular weight is 390 g/mol. The molecule has 0 aliphatic carbocycles. The number of furan rings is 1. The Bertz CT molecular complexity index is 875. The second kappa shape index (κ2) is 8.64. The Hall–Kier alpha value is -2.64. The fraction of sp³-hybridized carbons (Fsp3) is 0.167. The van der Waals surface area contributed by atoms with E-state index in [9.17, 15) is 9.59 Å². The van der Waals surface area contributed by atoms with Crippen LogP contribution in [-0.2, 0) is 17.8 Å². The summed E-state index contributed by atoms with van der Waals surface area (Å²) in [7, 11) is 0. The maximum Gasteiger partial charge on any atom is 0.293 e. The molecule has 0 fully saturated rings. The number of benzene rings is 1. The highest BCUT2D eigenvalue weighted by Gasteiger charge is 2.12. The third-order valence-corrected chi connectivity index (χ3v) is 4.59. The van der Waals surface area contributed by atoms with Crippen LogP contribution in [0.4, 0.5) is 5.13 Å². The number of amides is 2. The molecule has 0 radical (unpaired) electrons. The van der Waals surface area contributed by atoms with Gasteiger partial charge in [0, 0.05) is 23.4 Å². The maximum absolute atomic E-state index is 12.0. The Morgan fingerprint density at radius 1 is 1.19 bits per heavy atom. The maximum atomic E-state index is 12.0. The molecule has 8 heteroatoms. The monoisotopic (exact) mass is 389 g/mol. The van der Waals surface area contributed by atoms with E-state index in [0.717, 1.165) is 11.3 Å². The van der Waals surface area contributed by atoms with Crippen molar-refractivity contribution in [2.75, 3.05) is 5.32 Å². The number of rotatable bonds is 7. The first kappa shape index (κ1) is 18.2. The van der Waals surface area contributed by atoms with Crippen LogP contribution in [0.5, 0.6) is 0 Å². The Morgan fingerprint density at radius 3 is 2.73 bits per heavy atom. The van der Waals surface area contributed by atoms with E-state index in [4.69, 9.17) is 16.0 Å². The minimum Gasteiger partial charge on any atom is -0.459 e. The molecule has 2 aromatic heterocycles. The van der Waals surface area contributed by atoms with E-state index in [1.807, 2.05) is 17.5 Å². The molecule has 0 saturated heterocycles. The normalized spacial score (nSPS) is 10.5. The van der Waals surface area contributed by atoms with Crippen LogP contribution < -0.4 is 10.6 Å². The van der Waals surface area contributed by atoms with Gasteiger partial charge in [-0.25, -0.2) is 4.98 Å². The summed E-state index contributed by atoms with van der Waals surface area (Å²) < 4.78 is 5.03. The predicted octanol–water partition coefficient (Wildman–Crippen LogP) is 3.89. The number of carbonyl (C=O) groups is 2. The number of hydrogen-bond acceptors (Lipinski definition) is 5. The SMILES string of the molecule is O=C(CCc1csc(NC(=O)c2ccco2)n1)NCc1ccc(Cl)cc1. The molecule has 2 heterocycles. The fourth-order valence-corrected chi connectivity index (χ4v) is 3.04. The highest BCUT2D eigenvalue weighted by atomic mass is 35.5. The van der Waals surface area contributed by atoms with Gasteiger partial charge in [0.15, 0.2) is 10.9 Å². The first-order valence-corrected chi connectivity index (χ1v) is 9.16. The van der Waals surface area contributed by atoms with Crippen LogP contribution in [0.2, 0.25) is 5.02 Å². The quantitative estimate of drug-likeness (QED) is 0.642. The number of carbonyl (C=O) groups excluding carboxylic acids is 2. The molecule has 1 aromatic carbocycles. The van der Waals surface area contributed by atoms with Crippen molar-refractivity contribution in [2.24, 2.45) is 0 Å². The molecule has 0 aliphatic heterocycles. The van der Waals surface area contributed by atoms with Gasteiger partial charge in [-0.05, 0) is 36.2 Å². The molecule has 134 valence electrons. The molecule has 0 atom stereocenters. The summed E-state index contributed by atoms with van der Waals surface area (Å²) in [6.45, 7) is 0.456. The number of halogens is 1. The van der Waals surface area contributed by atoms with Crippen LogP contribution in [-0.4, -0.2) is 16.8 Å². The standard InChI is InChI=1S/C18H16ClN3O3S/c19-13-5-3-12(4-6-13)10-20-16(23)8-7-14-11-26-18(21-14)22-17(24)15-2-1-9-25-15/h1-6,9,11H,7-8,10H2,(H,20,23)(H,21,22,24). The number of hydrogen-bond donors (Lipinski definition) is 2. The summed E-state index contributed by atoms with van der Waals surface area (Å²) in [6.07, 6.45) is 2.26. The summed E-state index contributed by atoms with van der Waals surface area (Å²) in [5.41, 5.74) is 1.74. The minimum atomic E-state index is -0.350. The first-order chi connectivity index (χ1) is 12.6. The van der Waals surface area contributed by atoms with Crippen molar-refractivity contribution in [1.82, 2.24) is 10.3 Å². The second-order valence-electron chi connectivity index (χ2n) is 5.48. The van der Waals surface area contributed by atoms with Crippen molar-refractivity contribution in [1.29, 1.82) is 0 Å². The van der Waals surface area contributed by atoms with Crippen LogP contribution in [0.3, 0.4) is 0 Å². The largest absolute Gasteiger partial charge is 0.459 e. The summed E-state index contributed by atoms with van der Waals surface area (Å²) in [6, 6.07) is 10.5. The zero-order valence-electron chi connectivity index (χ0n) is 13.7. The second-order valence-corrected chi connectivity index (χ2v) is 6.77. The van der Waals surface area contributed by atoms with Gasteiger partial charge in [-0.15, -0.1) is 11.3 Å². The lowest BCUT2D eigenvalue weighted by atomic mass is 10.2. The van der Waals surface area contributed by atoms with E-state index in [0.29, 0.717) is 29.5 Å². The van der Waals surface area contributed by atoms with E-state index in [-0.39, 0.29) is 17.6 Å². The van der Waals surface area contributed by atoms with E-state index >= 15 is 0 Å². The topological polar surface area (TPSA) is 84.2 Å². The summed E-state index contributed by atoms with van der Waals surface area (Å²) >= 11 is 7.14. The Labute approximate surface area is 159 Å². The van der Waals surface area contributed by atoms with Crippen LogP contribution in [0.1, 0.15) is 28.2 Å². The molecule has 0 bridgehead atoms. The van der Waals surface area contributed by atoms with Gasteiger partial charge < -0.3 is 9.73 Å². The van der Waals surface area contributed by atoms with Gasteiger partial charge >= 0.3 is 0 Å². The van der Waals surface area contributed by atoms with E-state index in [1.165, 1.54) is 17.6 Å². The lowest BCUT2D eigenvalue weighted by Crippen LogP contribution is -2.23. The molecular weight excluding hydrogens is 374 g/mol.